The summed E-state index contributed by atoms with van der Waals surface area (Å²) in [5.74, 6) is -0.833. The molecule has 1 aromatic carbocycles. The third-order valence-corrected chi connectivity index (χ3v) is 3.82. The number of H-pyrrole nitrogens is 1. The third kappa shape index (κ3) is 2.20. The second-order valence-electron chi connectivity index (χ2n) is 5.06. The lowest BCUT2D eigenvalue weighted by Gasteiger charge is -2.28. The van der Waals surface area contributed by atoms with E-state index in [-0.39, 0.29) is 6.04 Å². The van der Waals surface area contributed by atoms with Crippen LogP contribution in [-0.2, 0) is 17.6 Å². The fourth-order valence-corrected chi connectivity index (χ4v) is 2.65. The standard InChI is InChI=1S/C15H17N3O2/c1-2-9-3-5-10(6-4-9)13-14-11(16-8-17-14)7-12(18-13)15(19)20/h3-6,8,12-13,18H,2,7H2,1H3,(H,16,17)(H,19,20)/t12-,13-/m0/s1. The Morgan fingerprint density at radius 3 is 2.80 bits per heavy atom. The third-order valence-electron chi connectivity index (χ3n) is 3.82. The van der Waals surface area contributed by atoms with Crippen LogP contribution in [0.4, 0.5) is 0 Å². The molecule has 3 rings (SSSR count). The maximum atomic E-state index is 11.3. The molecule has 1 aliphatic heterocycles. The van der Waals surface area contributed by atoms with Crippen LogP contribution in [0.15, 0.2) is 30.6 Å². The highest BCUT2D eigenvalue weighted by atomic mass is 16.4. The van der Waals surface area contributed by atoms with E-state index >= 15 is 0 Å². The van der Waals surface area contributed by atoms with Crippen LogP contribution in [0.5, 0.6) is 0 Å². The number of fused-ring (bicyclic) bond motifs is 1. The van der Waals surface area contributed by atoms with Gasteiger partial charge in [0.25, 0.3) is 0 Å². The van der Waals surface area contributed by atoms with Crippen LogP contribution in [0.1, 0.15) is 35.5 Å². The van der Waals surface area contributed by atoms with Crippen LogP contribution < -0.4 is 5.32 Å². The number of aromatic nitrogens is 2. The SMILES string of the molecule is CCc1ccc([C@@H]2N[C@H](C(=O)O)Cc3[nH]cnc32)cc1. The minimum absolute atomic E-state index is 0.169. The number of nitrogens with zero attached hydrogens (tertiary/aromatic N) is 1. The highest BCUT2D eigenvalue weighted by Gasteiger charge is 2.32. The van der Waals surface area contributed by atoms with E-state index in [2.05, 4.69) is 34.3 Å². The van der Waals surface area contributed by atoms with Crippen molar-refractivity contribution < 1.29 is 9.90 Å². The van der Waals surface area contributed by atoms with Crippen molar-refractivity contribution in [3.8, 4) is 0 Å². The van der Waals surface area contributed by atoms with Gasteiger partial charge in [0.15, 0.2) is 0 Å². The van der Waals surface area contributed by atoms with E-state index in [1.807, 2.05) is 12.1 Å². The van der Waals surface area contributed by atoms with Gasteiger partial charge in [-0.15, -0.1) is 0 Å². The molecule has 0 spiro atoms. The molecule has 5 heteroatoms. The summed E-state index contributed by atoms with van der Waals surface area (Å²) in [5, 5.41) is 12.4. The number of carbonyl (C=O) groups is 1. The quantitative estimate of drug-likeness (QED) is 0.793. The number of carboxylic acid groups (broad SMARTS) is 1. The topological polar surface area (TPSA) is 78.0 Å². The first-order chi connectivity index (χ1) is 9.69. The predicted octanol–water partition coefficient (Wildman–Crippen LogP) is 1.66. The molecule has 2 aromatic rings. The smallest absolute Gasteiger partial charge is 0.321 e. The van der Waals surface area contributed by atoms with Crippen LogP contribution in [-0.4, -0.2) is 27.1 Å². The summed E-state index contributed by atoms with van der Waals surface area (Å²) in [6, 6.07) is 7.48. The molecule has 104 valence electrons. The van der Waals surface area contributed by atoms with Crippen LogP contribution >= 0.6 is 0 Å². The van der Waals surface area contributed by atoms with Gasteiger partial charge in [-0.05, 0) is 17.5 Å². The van der Waals surface area contributed by atoms with Gasteiger partial charge < -0.3 is 10.1 Å². The van der Waals surface area contributed by atoms with E-state index in [9.17, 15) is 9.90 Å². The van der Waals surface area contributed by atoms with E-state index in [0.29, 0.717) is 6.42 Å². The van der Waals surface area contributed by atoms with Crippen LogP contribution in [0.25, 0.3) is 0 Å². The predicted molar refractivity (Wildman–Crippen MR) is 74.5 cm³/mol. The van der Waals surface area contributed by atoms with Gasteiger partial charge in [0.05, 0.1) is 18.1 Å². The van der Waals surface area contributed by atoms with Gasteiger partial charge in [0, 0.05) is 12.1 Å². The number of aromatic amines is 1. The van der Waals surface area contributed by atoms with E-state index in [0.717, 1.165) is 23.4 Å². The number of imidazole rings is 1. The highest BCUT2D eigenvalue weighted by molar-refractivity contribution is 5.74. The Morgan fingerprint density at radius 1 is 1.40 bits per heavy atom. The molecular formula is C15H17N3O2. The molecular weight excluding hydrogens is 254 g/mol. The van der Waals surface area contributed by atoms with E-state index < -0.39 is 12.0 Å². The zero-order valence-electron chi connectivity index (χ0n) is 11.3. The molecule has 1 aliphatic rings. The van der Waals surface area contributed by atoms with Gasteiger partial charge in [0.1, 0.15) is 6.04 Å². The second-order valence-corrected chi connectivity index (χ2v) is 5.06. The average molecular weight is 271 g/mol. The van der Waals surface area contributed by atoms with Crippen molar-refractivity contribution in [2.45, 2.75) is 31.8 Å². The Kier molecular flexibility index (Phi) is 3.28. The van der Waals surface area contributed by atoms with Gasteiger partial charge in [-0.3, -0.25) is 10.1 Å². The lowest BCUT2D eigenvalue weighted by Crippen LogP contribution is -2.45. The average Bonchev–Trinajstić information content (AvgIpc) is 2.94. The van der Waals surface area contributed by atoms with E-state index in [1.165, 1.54) is 5.56 Å². The summed E-state index contributed by atoms with van der Waals surface area (Å²) in [6.07, 6.45) is 3.06. The molecule has 1 aromatic heterocycles. The molecule has 0 fully saturated rings. The Hall–Kier alpha value is -2.14. The van der Waals surface area contributed by atoms with Crippen molar-refractivity contribution in [1.82, 2.24) is 15.3 Å². The number of rotatable bonds is 3. The van der Waals surface area contributed by atoms with Gasteiger partial charge in [-0.2, -0.15) is 0 Å². The number of hydrogen-bond acceptors (Lipinski definition) is 3. The minimum Gasteiger partial charge on any atom is -0.480 e. The summed E-state index contributed by atoms with van der Waals surface area (Å²) < 4.78 is 0. The van der Waals surface area contributed by atoms with Gasteiger partial charge in [0.2, 0.25) is 0 Å². The number of aliphatic carboxylic acids is 1. The Morgan fingerprint density at radius 2 is 2.15 bits per heavy atom. The van der Waals surface area contributed by atoms with Crippen molar-refractivity contribution in [1.29, 1.82) is 0 Å². The van der Waals surface area contributed by atoms with Crippen molar-refractivity contribution in [2.24, 2.45) is 0 Å². The molecule has 20 heavy (non-hydrogen) atoms. The molecule has 0 saturated carbocycles. The normalized spacial score (nSPS) is 21.4. The highest BCUT2D eigenvalue weighted by Crippen LogP contribution is 2.28. The molecule has 0 saturated heterocycles. The van der Waals surface area contributed by atoms with Gasteiger partial charge >= 0.3 is 5.97 Å². The number of benzene rings is 1. The largest absolute Gasteiger partial charge is 0.480 e. The summed E-state index contributed by atoms with van der Waals surface area (Å²) in [5.41, 5.74) is 4.11. The minimum atomic E-state index is -0.833. The second kappa shape index (κ2) is 5.09. The van der Waals surface area contributed by atoms with Crippen LogP contribution in [0, 0.1) is 0 Å². The summed E-state index contributed by atoms with van der Waals surface area (Å²) in [4.78, 5) is 18.7. The van der Waals surface area contributed by atoms with Crippen LogP contribution in [0.3, 0.4) is 0 Å². The molecule has 2 atom stereocenters. The van der Waals surface area contributed by atoms with Crippen molar-refractivity contribution in [2.75, 3.05) is 0 Å². The molecule has 5 nitrogen and oxygen atoms in total. The molecule has 3 N–H and O–H groups in total. The zero-order valence-corrected chi connectivity index (χ0v) is 11.3. The maximum absolute atomic E-state index is 11.3. The Labute approximate surface area is 117 Å². The molecule has 0 bridgehead atoms. The summed E-state index contributed by atoms with van der Waals surface area (Å²) in [7, 11) is 0. The Balaban J connectivity index is 1.97. The first-order valence-electron chi connectivity index (χ1n) is 6.79. The first kappa shape index (κ1) is 12.9. The van der Waals surface area contributed by atoms with Crippen molar-refractivity contribution >= 4 is 5.97 Å². The molecule has 2 heterocycles. The van der Waals surface area contributed by atoms with E-state index in [4.69, 9.17) is 0 Å². The van der Waals surface area contributed by atoms with E-state index in [1.54, 1.807) is 6.33 Å². The Bertz CT molecular complexity index is 618. The van der Waals surface area contributed by atoms with Crippen LogP contribution in [0.2, 0.25) is 0 Å². The van der Waals surface area contributed by atoms with Gasteiger partial charge in [-0.25, -0.2) is 4.98 Å². The lowest BCUT2D eigenvalue weighted by atomic mass is 9.93. The summed E-state index contributed by atoms with van der Waals surface area (Å²) in [6.45, 7) is 2.11. The fraction of sp³-hybridized carbons (Fsp3) is 0.333. The monoisotopic (exact) mass is 271 g/mol. The summed E-state index contributed by atoms with van der Waals surface area (Å²) >= 11 is 0. The lowest BCUT2D eigenvalue weighted by molar-refractivity contribution is -0.139. The van der Waals surface area contributed by atoms with Crippen molar-refractivity contribution in [3.05, 3.63) is 53.1 Å². The first-order valence-corrected chi connectivity index (χ1v) is 6.79. The van der Waals surface area contributed by atoms with Gasteiger partial charge in [-0.1, -0.05) is 31.2 Å². The number of hydrogen-bond donors (Lipinski definition) is 3. The number of aryl methyl sites for hydroxylation is 1. The molecule has 0 radical (unpaired) electrons. The molecule has 0 unspecified atom stereocenters. The van der Waals surface area contributed by atoms with Crippen molar-refractivity contribution in [3.63, 3.8) is 0 Å². The fourth-order valence-electron chi connectivity index (χ4n) is 2.65. The molecule has 0 amide bonds. The molecule has 0 aliphatic carbocycles. The maximum Gasteiger partial charge on any atom is 0.321 e. The zero-order chi connectivity index (χ0) is 14.1. The number of carboxylic acids is 1. The number of nitrogens with one attached hydrogen (secondary N) is 2.